The van der Waals surface area contributed by atoms with Gasteiger partial charge >= 0.3 is 0 Å². The third kappa shape index (κ3) is 2.81. The smallest absolute Gasteiger partial charge is 0.263 e. The molecule has 1 amide bonds. The van der Waals surface area contributed by atoms with E-state index in [9.17, 15) is 14.7 Å². The van der Waals surface area contributed by atoms with E-state index >= 15 is 0 Å². The molecule has 2 aromatic rings. The molecule has 1 heterocycles. The first-order valence-corrected chi connectivity index (χ1v) is 8.86. The zero-order chi connectivity index (χ0) is 18.5. The summed E-state index contributed by atoms with van der Waals surface area (Å²) in [6.07, 6.45) is -0.275. The van der Waals surface area contributed by atoms with Crippen LogP contribution < -0.4 is 4.90 Å². The second-order valence-corrected chi connectivity index (χ2v) is 7.65. The summed E-state index contributed by atoms with van der Waals surface area (Å²) in [5.41, 5.74) is 2.78. The van der Waals surface area contributed by atoms with Crippen molar-refractivity contribution in [2.75, 3.05) is 11.9 Å². The first kappa shape index (κ1) is 17.8. The number of rotatable bonds is 3. The van der Waals surface area contributed by atoms with Crippen molar-refractivity contribution in [3.63, 3.8) is 0 Å². The highest BCUT2D eigenvalue weighted by Gasteiger charge is 2.49. The number of amides is 1. The Kier molecular flexibility index (Phi) is 4.33. The zero-order valence-corrected chi connectivity index (χ0v) is 16.3. The second kappa shape index (κ2) is 6.07. The molecule has 0 bridgehead atoms. The Morgan fingerprint density at radius 3 is 2.44 bits per heavy atom. The van der Waals surface area contributed by atoms with Crippen molar-refractivity contribution in [2.24, 2.45) is 0 Å². The van der Waals surface area contributed by atoms with Gasteiger partial charge in [-0.05, 0) is 61.7 Å². The highest BCUT2D eigenvalue weighted by atomic mass is 79.9. The molecule has 1 N–H and O–H groups in total. The minimum atomic E-state index is -1.84. The highest BCUT2D eigenvalue weighted by molar-refractivity contribution is 9.10. The third-order valence-electron chi connectivity index (χ3n) is 4.98. The molecule has 0 saturated heterocycles. The first-order valence-electron chi connectivity index (χ1n) is 8.07. The van der Waals surface area contributed by atoms with Crippen LogP contribution in [-0.2, 0) is 10.4 Å². The maximum Gasteiger partial charge on any atom is 0.263 e. The lowest BCUT2D eigenvalue weighted by atomic mass is 9.86. The van der Waals surface area contributed by atoms with Crippen LogP contribution in [0.2, 0.25) is 0 Å². The molecule has 0 spiro atoms. The lowest BCUT2D eigenvalue weighted by Gasteiger charge is -2.22. The van der Waals surface area contributed by atoms with Gasteiger partial charge in [-0.2, -0.15) is 0 Å². The van der Waals surface area contributed by atoms with Gasteiger partial charge in [-0.3, -0.25) is 9.59 Å². The Bertz CT molecular complexity index is 906. The molecule has 0 aliphatic carbocycles. The van der Waals surface area contributed by atoms with Crippen LogP contribution in [0.5, 0.6) is 0 Å². The monoisotopic (exact) mass is 401 g/mol. The molecule has 1 atom stereocenters. The maximum atomic E-state index is 12.9. The number of Topliss-reactive ketones (excluding diaryl/α,β-unsaturated/α-hetero) is 1. The van der Waals surface area contributed by atoms with Gasteiger partial charge in [-0.1, -0.05) is 22.0 Å². The van der Waals surface area contributed by atoms with Crippen molar-refractivity contribution in [1.29, 1.82) is 0 Å². The number of likely N-dealkylation sites (N-methyl/N-ethyl adjacent to an activating group) is 1. The van der Waals surface area contributed by atoms with Crippen LogP contribution in [-0.4, -0.2) is 23.8 Å². The molecule has 1 aliphatic heterocycles. The Labute approximate surface area is 155 Å². The molecule has 130 valence electrons. The van der Waals surface area contributed by atoms with E-state index in [0.717, 1.165) is 21.2 Å². The molecule has 3 rings (SSSR count). The van der Waals surface area contributed by atoms with E-state index in [4.69, 9.17) is 0 Å². The molecule has 0 aromatic heterocycles. The van der Waals surface area contributed by atoms with Gasteiger partial charge in [0.2, 0.25) is 0 Å². The predicted molar refractivity (Wildman–Crippen MR) is 101 cm³/mol. The Balaban J connectivity index is 2.03. The largest absolute Gasteiger partial charge is 0.375 e. The summed E-state index contributed by atoms with van der Waals surface area (Å²) < 4.78 is 0.752. The number of aryl methyl sites for hydroxylation is 3. The molecule has 5 heteroatoms. The van der Waals surface area contributed by atoms with E-state index in [2.05, 4.69) is 15.9 Å². The highest BCUT2D eigenvalue weighted by Crippen LogP contribution is 2.43. The zero-order valence-electron chi connectivity index (χ0n) is 14.7. The van der Waals surface area contributed by atoms with Gasteiger partial charge in [0.05, 0.1) is 12.1 Å². The fourth-order valence-corrected chi connectivity index (χ4v) is 3.75. The van der Waals surface area contributed by atoms with Crippen LogP contribution in [0.3, 0.4) is 0 Å². The number of halogens is 1. The molecule has 2 aromatic carbocycles. The molecule has 1 aliphatic rings. The van der Waals surface area contributed by atoms with Gasteiger partial charge < -0.3 is 10.0 Å². The van der Waals surface area contributed by atoms with Crippen LogP contribution in [0.25, 0.3) is 0 Å². The molecule has 4 nitrogen and oxygen atoms in total. The lowest BCUT2D eigenvalue weighted by molar-refractivity contribution is -0.135. The van der Waals surface area contributed by atoms with Crippen LogP contribution >= 0.6 is 15.9 Å². The average molecular weight is 402 g/mol. The van der Waals surface area contributed by atoms with E-state index in [1.807, 2.05) is 39.0 Å². The lowest BCUT2D eigenvalue weighted by Crippen LogP contribution is -2.40. The number of aliphatic hydroxyl groups is 1. The summed E-state index contributed by atoms with van der Waals surface area (Å²) in [6, 6.07) is 9.07. The Morgan fingerprint density at radius 1 is 1.12 bits per heavy atom. The summed E-state index contributed by atoms with van der Waals surface area (Å²) in [4.78, 5) is 27.0. The summed E-state index contributed by atoms with van der Waals surface area (Å²) >= 11 is 3.37. The number of carbonyl (C=O) groups is 2. The van der Waals surface area contributed by atoms with Crippen molar-refractivity contribution in [2.45, 2.75) is 32.8 Å². The average Bonchev–Trinajstić information content (AvgIpc) is 2.72. The van der Waals surface area contributed by atoms with Gasteiger partial charge in [-0.25, -0.2) is 0 Å². The number of ketones is 1. The van der Waals surface area contributed by atoms with E-state index in [-0.39, 0.29) is 12.2 Å². The van der Waals surface area contributed by atoms with E-state index in [1.54, 1.807) is 19.2 Å². The summed E-state index contributed by atoms with van der Waals surface area (Å²) in [7, 11) is 1.61. The quantitative estimate of drug-likeness (QED) is 0.795. The molecular formula is C20H20BrNO3. The minimum Gasteiger partial charge on any atom is -0.375 e. The van der Waals surface area contributed by atoms with Gasteiger partial charge in [0.25, 0.3) is 5.91 Å². The van der Waals surface area contributed by atoms with E-state index < -0.39 is 11.5 Å². The summed E-state index contributed by atoms with van der Waals surface area (Å²) in [5.74, 6) is -0.715. The van der Waals surface area contributed by atoms with Gasteiger partial charge in [0, 0.05) is 22.6 Å². The molecular weight excluding hydrogens is 382 g/mol. The Hall–Kier alpha value is -1.98. The molecule has 0 radical (unpaired) electrons. The van der Waals surface area contributed by atoms with Crippen molar-refractivity contribution in [3.8, 4) is 0 Å². The normalized spacial score (nSPS) is 19.3. The Morgan fingerprint density at radius 2 is 1.76 bits per heavy atom. The number of fused-ring (bicyclic) bond motifs is 1. The SMILES string of the molecule is Cc1cc(C)c(C(=O)C[C@@]2(O)C(=O)N(C)c3ccc(Br)cc32)cc1C. The molecule has 0 unspecified atom stereocenters. The molecule has 25 heavy (non-hydrogen) atoms. The number of carbonyl (C=O) groups excluding carboxylic acids is 2. The molecule has 0 fully saturated rings. The van der Waals surface area contributed by atoms with E-state index in [1.165, 1.54) is 4.90 Å². The van der Waals surface area contributed by atoms with Crippen molar-refractivity contribution in [3.05, 3.63) is 62.6 Å². The third-order valence-corrected chi connectivity index (χ3v) is 5.47. The fraction of sp³-hybridized carbons (Fsp3) is 0.300. The van der Waals surface area contributed by atoms with E-state index in [0.29, 0.717) is 16.8 Å². The topological polar surface area (TPSA) is 57.6 Å². The van der Waals surface area contributed by atoms with Gasteiger partial charge in [-0.15, -0.1) is 0 Å². The van der Waals surface area contributed by atoms with Crippen molar-refractivity contribution < 1.29 is 14.7 Å². The number of anilines is 1. The summed E-state index contributed by atoms with van der Waals surface area (Å²) in [5, 5.41) is 11.1. The van der Waals surface area contributed by atoms with Crippen molar-refractivity contribution >= 4 is 33.3 Å². The van der Waals surface area contributed by atoms with Crippen LogP contribution in [0.4, 0.5) is 5.69 Å². The minimum absolute atomic E-state index is 0.238. The number of benzene rings is 2. The predicted octanol–water partition coefficient (Wildman–Crippen LogP) is 3.81. The number of nitrogens with zero attached hydrogens (tertiary/aromatic N) is 1. The summed E-state index contributed by atoms with van der Waals surface area (Å²) in [6.45, 7) is 5.81. The first-order chi connectivity index (χ1) is 11.6. The van der Waals surface area contributed by atoms with Crippen LogP contribution in [0, 0.1) is 20.8 Å². The standard InChI is InChI=1S/C20H20BrNO3/c1-11-7-13(3)15(8-12(11)2)18(23)10-20(25)16-9-14(21)5-6-17(16)22(4)19(20)24/h5-9,25H,10H2,1-4H3/t20-/m0/s1. The van der Waals surface area contributed by atoms with Crippen molar-refractivity contribution in [1.82, 2.24) is 0 Å². The number of hydrogen-bond donors (Lipinski definition) is 1. The van der Waals surface area contributed by atoms with Crippen LogP contribution in [0.1, 0.15) is 39.0 Å². The van der Waals surface area contributed by atoms with Gasteiger partial charge in [0.15, 0.2) is 11.4 Å². The molecule has 0 saturated carbocycles. The van der Waals surface area contributed by atoms with Crippen LogP contribution in [0.15, 0.2) is 34.8 Å². The maximum absolute atomic E-state index is 12.9. The second-order valence-electron chi connectivity index (χ2n) is 6.74. The fourth-order valence-electron chi connectivity index (χ4n) is 3.39. The number of hydrogen-bond acceptors (Lipinski definition) is 3. The van der Waals surface area contributed by atoms with Gasteiger partial charge in [0.1, 0.15) is 0 Å².